The Morgan fingerprint density at radius 3 is 2.73 bits per heavy atom. The number of nitrogens with zero attached hydrogens (tertiary/aromatic N) is 6. The highest BCUT2D eigenvalue weighted by molar-refractivity contribution is 7.91. The minimum absolute atomic E-state index is 0.0411. The van der Waals surface area contributed by atoms with Crippen LogP contribution in [0.3, 0.4) is 0 Å². The first-order valence-corrected chi connectivity index (χ1v) is 11.7. The molecule has 30 heavy (non-hydrogen) atoms. The van der Waals surface area contributed by atoms with E-state index < -0.39 is 9.84 Å². The fraction of sp³-hybridized carbons (Fsp3) is 0.500. The summed E-state index contributed by atoms with van der Waals surface area (Å²) in [4.78, 5) is 18.5. The summed E-state index contributed by atoms with van der Waals surface area (Å²) in [6.07, 6.45) is 2.88. The van der Waals surface area contributed by atoms with Crippen molar-refractivity contribution in [3.63, 3.8) is 0 Å². The van der Waals surface area contributed by atoms with Crippen LogP contribution in [0.5, 0.6) is 0 Å². The molecule has 0 spiro atoms. The molecule has 0 aromatic carbocycles. The summed E-state index contributed by atoms with van der Waals surface area (Å²) in [6, 6.07) is 5.36. The Morgan fingerprint density at radius 2 is 2.00 bits per heavy atom. The zero-order chi connectivity index (χ0) is 20.7. The van der Waals surface area contributed by atoms with Crippen molar-refractivity contribution >= 4 is 27.3 Å². The highest BCUT2D eigenvalue weighted by Crippen LogP contribution is 2.27. The van der Waals surface area contributed by atoms with Gasteiger partial charge in [-0.3, -0.25) is 15.0 Å². The van der Waals surface area contributed by atoms with Crippen molar-refractivity contribution in [2.75, 3.05) is 29.9 Å². The maximum absolute atomic E-state index is 12.2. The van der Waals surface area contributed by atoms with Gasteiger partial charge in [0.05, 0.1) is 18.1 Å². The number of nitrogens with one attached hydrogen (secondary N) is 1. The Labute approximate surface area is 172 Å². The topological polar surface area (TPSA) is 136 Å². The van der Waals surface area contributed by atoms with Crippen LogP contribution in [0.4, 0.5) is 5.95 Å². The first-order valence-electron chi connectivity index (χ1n) is 9.89. The molecule has 1 saturated carbocycles. The molecule has 12 heteroatoms. The molecule has 2 aliphatic rings. The van der Waals surface area contributed by atoms with Gasteiger partial charge in [-0.05, 0) is 25.0 Å². The van der Waals surface area contributed by atoms with E-state index in [1.807, 2.05) is 4.90 Å². The van der Waals surface area contributed by atoms with E-state index in [2.05, 4.69) is 25.6 Å². The number of hydrogen-bond donors (Lipinski definition) is 1. The Balaban J connectivity index is 1.34. The maximum Gasteiger partial charge on any atom is 0.266 e. The van der Waals surface area contributed by atoms with Crippen molar-refractivity contribution in [2.24, 2.45) is 5.92 Å². The van der Waals surface area contributed by atoms with Gasteiger partial charge in [0.1, 0.15) is 5.69 Å². The zero-order valence-corrected chi connectivity index (χ0v) is 17.0. The SMILES string of the molecule is O=C(Nc1nc2cccc(-c3nnc(CN4CCS(=O)(=O)CC4)o3)n2n1)C1CCC1. The predicted molar refractivity (Wildman–Crippen MR) is 106 cm³/mol. The van der Waals surface area contributed by atoms with E-state index in [9.17, 15) is 13.2 Å². The van der Waals surface area contributed by atoms with Gasteiger partial charge in [-0.1, -0.05) is 12.5 Å². The van der Waals surface area contributed by atoms with Crippen molar-refractivity contribution in [1.29, 1.82) is 0 Å². The second kappa shape index (κ2) is 7.43. The van der Waals surface area contributed by atoms with E-state index in [-0.39, 0.29) is 35.2 Å². The van der Waals surface area contributed by atoms with Gasteiger partial charge in [-0.25, -0.2) is 12.9 Å². The highest BCUT2D eigenvalue weighted by Gasteiger charge is 2.27. The van der Waals surface area contributed by atoms with Gasteiger partial charge >= 0.3 is 0 Å². The van der Waals surface area contributed by atoms with Crippen LogP contribution in [0.25, 0.3) is 17.2 Å². The lowest BCUT2D eigenvalue weighted by molar-refractivity contribution is -0.122. The van der Waals surface area contributed by atoms with Crippen LogP contribution in [0.2, 0.25) is 0 Å². The number of pyridine rings is 1. The first-order chi connectivity index (χ1) is 14.5. The smallest absolute Gasteiger partial charge is 0.266 e. The number of amides is 1. The number of carbonyl (C=O) groups excluding carboxylic acids is 1. The molecule has 5 rings (SSSR count). The van der Waals surface area contributed by atoms with Gasteiger partial charge in [0.2, 0.25) is 17.7 Å². The average Bonchev–Trinajstić information content (AvgIpc) is 3.28. The van der Waals surface area contributed by atoms with Gasteiger partial charge < -0.3 is 4.42 Å². The molecule has 1 amide bonds. The van der Waals surface area contributed by atoms with E-state index in [0.29, 0.717) is 36.9 Å². The molecule has 0 radical (unpaired) electrons. The number of aromatic nitrogens is 5. The summed E-state index contributed by atoms with van der Waals surface area (Å²) < 4.78 is 30.5. The van der Waals surface area contributed by atoms with E-state index >= 15 is 0 Å². The van der Waals surface area contributed by atoms with Crippen molar-refractivity contribution in [3.05, 3.63) is 24.1 Å². The molecule has 1 aliphatic heterocycles. The number of hydrogen-bond acceptors (Lipinski definition) is 9. The molecule has 0 atom stereocenters. The molecule has 1 saturated heterocycles. The number of fused-ring (bicyclic) bond motifs is 1. The second-order valence-corrected chi connectivity index (χ2v) is 9.97. The third-order valence-electron chi connectivity index (χ3n) is 5.55. The van der Waals surface area contributed by atoms with Crippen molar-refractivity contribution in [1.82, 2.24) is 29.7 Å². The minimum atomic E-state index is -2.94. The normalized spacial score (nSPS) is 19.6. The van der Waals surface area contributed by atoms with Crippen LogP contribution in [0.15, 0.2) is 22.6 Å². The van der Waals surface area contributed by atoms with Gasteiger partial charge in [0.25, 0.3) is 5.89 Å². The molecule has 2 fully saturated rings. The summed E-state index contributed by atoms with van der Waals surface area (Å²) in [7, 11) is -2.94. The average molecular weight is 431 g/mol. The number of rotatable bonds is 5. The lowest BCUT2D eigenvalue weighted by Crippen LogP contribution is -2.39. The molecule has 11 nitrogen and oxygen atoms in total. The molecule has 0 bridgehead atoms. The van der Waals surface area contributed by atoms with Crippen LogP contribution in [0, 0.1) is 5.92 Å². The largest absolute Gasteiger partial charge is 0.418 e. The van der Waals surface area contributed by atoms with Crippen molar-refractivity contribution in [2.45, 2.75) is 25.8 Å². The number of anilines is 1. The monoisotopic (exact) mass is 431 g/mol. The lowest BCUT2D eigenvalue weighted by Gasteiger charge is -2.24. The Morgan fingerprint density at radius 1 is 1.20 bits per heavy atom. The molecule has 1 N–H and O–H groups in total. The quantitative estimate of drug-likeness (QED) is 0.620. The molecule has 1 aliphatic carbocycles. The number of sulfone groups is 1. The lowest BCUT2D eigenvalue weighted by atomic mass is 9.85. The first kappa shape index (κ1) is 19.1. The Bertz CT molecular complexity index is 1180. The fourth-order valence-corrected chi connectivity index (χ4v) is 4.80. The summed E-state index contributed by atoms with van der Waals surface area (Å²) in [5, 5.41) is 15.4. The van der Waals surface area contributed by atoms with Crippen molar-refractivity contribution in [3.8, 4) is 11.6 Å². The zero-order valence-electron chi connectivity index (χ0n) is 16.2. The van der Waals surface area contributed by atoms with Gasteiger partial charge in [-0.15, -0.1) is 15.3 Å². The van der Waals surface area contributed by atoms with Gasteiger partial charge in [0.15, 0.2) is 15.5 Å². The molecule has 3 aromatic heterocycles. The summed E-state index contributed by atoms with van der Waals surface area (Å²) in [6.45, 7) is 1.28. The maximum atomic E-state index is 12.2. The Kier molecular flexibility index (Phi) is 4.74. The Hall–Kier alpha value is -2.86. The molecule has 4 heterocycles. The summed E-state index contributed by atoms with van der Waals surface area (Å²) in [5.74, 6) is 1.20. The van der Waals surface area contributed by atoms with Crippen LogP contribution in [-0.2, 0) is 21.2 Å². The molecular formula is C18H21N7O4S. The predicted octanol–water partition coefficient (Wildman–Crippen LogP) is 0.748. The van der Waals surface area contributed by atoms with Crippen LogP contribution in [0.1, 0.15) is 25.2 Å². The fourth-order valence-electron chi connectivity index (χ4n) is 3.52. The van der Waals surface area contributed by atoms with Gasteiger partial charge in [0, 0.05) is 19.0 Å². The standard InChI is InChI=1S/C18H21N7O4S/c26-16(12-3-1-4-12)20-18-19-14-6-2-5-13(25(14)23-18)17-22-21-15(29-17)11-24-7-9-30(27,28)10-8-24/h2,5-6,12H,1,3-4,7-11H2,(H,20,23,26). The van der Waals surface area contributed by atoms with Crippen LogP contribution >= 0.6 is 0 Å². The van der Waals surface area contributed by atoms with Crippen molar-refractivity contribution < 1.29 is 17.6 Å². The van der Waals surface area contributed by atoms with E-state index in [4.69, 9.17) is 4.42 Å². The van der Waals surface area contributed by atoms with Gasteiger partial charge in [-0.2, -0.15) is 4.98 Å². The molecule has 158 valence electrons. The van der Waals surface area contributed by atoms with E-state index in [0.717, 1.165) is 19.3 Å². The summed E-state index contributed by atoms with van der Waals surface area (Å²) in [5.41, 5.74) is 1.11. The molecule has 3 aromatic rings. The number of carbonyl (C=O) groups is 1. The third kappa shape index (κ3) is 3.79. The van der Waals surface area contributed by atoms with Crippen LogP contribution in [-0.4, -0.2) is 68.6 Å². The minimum Gasteiger partial charge on any atom is -0.418 e. The molecule has 0 unspecified atom stereocenters. The second-order valence-electron chi connectivity index (χ2n) is 7.66. The van der Waals surface area contributed by atoms with E-state index in [1.54, 1.807) is 22.7 Å². The third-order valence-corrected chi connectivity index (χ3v) is 7.16. The highest BCUT2D eigenvalue weighted by atomic mass is 32.2. The van der Waals surface area contributed by atoms with Crippen LogP contribution < -0.4 is 5.32 Å². The summed E-state index contributed by atoms with van der Waals surface area (Å²) >= 11 is 0. The molecular weight excluding hydrogens is 410 g/mol. The van der Waals surface area contributed by atoms with E-state index in [1.165, 1.54) is 0 Å².